The molecule has 3 nitrogen and oxygen atoms in total. The molecule has 0 spiro atoms. The highest BCUT2D eigenvalue weighted by molar-refractivity contribution is 7.12. The maximum atomic E-state index is 10.9. The van der Waals surface area contributed by atoms with Crippen LogP contribution in [0.1, 0.15) is 15.2 Å². The number of hydrogen-bond acceptors (Lipinski definition) is 3. The van der Waals surface area contributed by atoms with E-state index in [0.29, 0.717) is 10.6 Å². The van der Waals surface area contributed by atoms with Gasteiger partial charge in [0.25, 0.3) is 0 Å². The molecule has 0 amide bonds. The van der Waals surface area contributed by atoms with Crippen molar-refractivity contribution >= 4 is 17.3 Å². The second-order valence-corrected chi connectivity index (χ2v) is 4.06. The normalized spacial score (nSPS) is 10.2. The molecular weight excluding hydrogens is 210 g/mol. The fraction of sp³-hybridized carbons (Fsp3) is 0.0909. The summed E-state index contributed by atoms with van der Waals surface area (Å²) in [6, 6.07) is 7.67. The lowest BCUT2D eigenvalue weighted by atomic mass is 10.1. The van der Waals surface area contributed by atoms with Crippen LogP contribution in [0.4, 0.5) is 0 Å². The summed E-state index contributed by atoms with van der Waals surface area (Å²) in [6.45, 7) is 1.97. The molecule has 76 valence electrons. The van der Waals surface area contributed by atoms with Crippen LogP contribution >= 0.6 is 11.3 Å². The first kappa shape index (κ1) is 9.86. The highest BCUT2D eigenvalue weighted by Gasteiger charge is 2.14. The molecule has 0 atom stereocenters. The number of aromatic carboxylic acids is 1. The number of aromatic nitrogens is 1. The number of hydrogen-bond donors (Lipinski definition) is 1. The monoisotopic (exact) mass is 219 g/mol. The smallest absolute Gasteiger partial charge is 0.348 e. The third-order valence-corrected chi connectivity index (χ3v) is 2.87. The Morgan fingerprint density at radius 2 is 2.27 bits per heavy atom. The molecule has 0 radical (unpaired) electrons. The van der Waals surface area contributed by atoms with Crippen LogP contribution < -0.4 is 0 Å². The second-order valence-electron chi connectivity index (χ2n) is 3.20. The summed E-state index contributed by atoms with van der Waals surface area (Å²) in [5.74, 6) is -0.922. The molecule has 0 saturated carbocycles. The molecule has 0 aliphatic heterocycles. The minimum absolute atomic E-state index is 0.292. The number of rotatable bonds is 2. The standard InChI is InChI=1S/C11H9NO2S/c1-7-3-2-4-8(5-7)9-10(11(13)14)15-6-12-9/h2-6H,1H3,(H,13,14). The summed E-state index contributed by atoms with van der Waals surface area (Å²) in [5, 5.41) is 8.96. The topological polar surface area (TPSA) is 50.2 Å². The van der Waals surface area contributed by atoms with Crippen LogP contribution in [0.25, 0.3) is 11.3 Å². The van der Waals surface area contributed by atoms with Crippen molar-refractivity contribution in [2.75, 3.05) is 0 Å². The third-order valence-electron chi connectivity index (χ3n) is 2.05. The minimum Gasteiger partial charge on any atom is -0.477 e. The van der Waals surface area contributed by atoms with Gasteiger partial charge < -0.3 is 5.11 Å². The number of aryl methyl sites for hydroxylation is 1. The average Bonchev–Trinajstić information content (AvgIpc) is 2.65. The van der Waals surface area contributed by atoms with Gasteiger partial charge in [0.1, 0.15) is 4.88 Å². The number of carboxylic acids is 1. The molecule has 15 heavy (non-hydrogen) atoms. The molecule has 1 aromatic heterocycles. The predicted molar refractivity (Wildman–Crippen MR) is 59.2 cm³/mol. The second kappa shape index (κ2) is 3.82. The summed E-state index contributed by atoms with van der Waals surface area (Å²) in [4.78, 5) is 15.3. The van der Waals surface area contributed by atoms with Gasteiger partial charge in [-0.2, -0.15) is 0 Å². The van der Waals surface area contributed by atoms with E-state index in [1.807, 2.05) is 31.2 Å². The van der Waals surface area contributed by atoms with E-state index in [-0.39, 0.29) is 0 Å². The van der Waals surface area contributed by atoms with E-state index >= 15 is 0 Å². The first-order valence-corrected chi connectivity index (χ1v) is 5.30. The van der Waals surface area contributed by atoms with Crippen LogP contribution in [0, 0.1) is 6.92 Å². The summed E-state index contributed by atoms with van der Waals surface area (Å²) in [5.41, 5.74) is 4.06. The van der Waals surface area contributed by atoms with Gasteiger partial charge in [-0.05, 0) is 13.0 Å². The Hall–Kier alpha value is -1.68. The lowest BCUT2D eigenvalue weighted by Gasteiger charge is -2.00. The van der Waals surface area contributed by atoms with Crippen molar-refractivity contribution in [3.63, 3.8) is 0 Å². The third kappa shape index (κ3) is 1.89. The number of carboxylic acid groups (broad SMARTS) is 1. The molecule has 1 N–H and O–H groups in total. The van der Waals surface area contributed by atoms with Crippen LogP contribution in [0.5, 0.6) is 0 Å². The van der Waals surface area contributed by atoms with Crippen molar-refractivity contribution < 1.29 is 9.90 Å². The fourth-order valence-electron chi connectivity index (χ4n) is 1.40. The maximum absolute atomic E-state index is 10.9. The molecule has 0 aliphatic rings. The van der Waals surface area contributed by atoms with Crippen LogP contribution in [0.2, 0.25) is 0 Å². The quantitative estimate of drug-likeness (QED) is 0.844. The zero-order chi connectivity index (χ0) is 10.8. The molecule has 0 bridgehead atoms. The summed E-state index contributed by atoms with van der Waals surface area (Å²) in [6.07, 6.45) is 0. The van der Waals surface area contributed by atoms with Gasteiger partial charge in [0.15, 0.2) is 0 Å². The Morgan fingerprint density at radius 1 is 1.47 bits per heavy atom. The summed E-state index contributed by atoms with van der Waals surface area (Å²) in [7, 11) is 0. The molecule has 1 heterocycles. The molecule has 1 aromatic carbocycles. The number of benzene rings is 1. The van der Waals surface area contributed by atoms with Crippen molar-refractivity contribution in [1.82, 2.24) is 4.98 Å². The van der Waals surface area contributed by atoms with Crippen LogP contribution in [-0.2, 0) is 0 Å². The molecule has 0 aliphatic carbocycles. The Kier molecular flexibility index (Phi) is 2.51. The van der Waals surface area contributed by atoms with Crippen molar-refractivity contribution in [3.05, 3.63) is 40.2 Å². The highest BCUT2D eigenvalue weighted by atomic mass is 32.1. The lowest BCUT2D eigenvalue weighted by molar-refractivity contribution is 0.0702. The molecular formula is C11H9NO2S. The highest BCUT2D eigenvalue weighted by Crippen LogP contribution is 2.25. The Bertz CT molecular complexity index is 505. The Labute approximate surface area is 91.0 Å². The summed E-state index contributed by atoms with van der Waals surface area (Å²) >= 11 is 1.15. The van der Waals surface area contributed by atoms with Gasteiger partial charge in [-0.1, -0.05) is 23.8 Å². The molecule has 2 aromatic rings. The number of carbonyl (C=O) groups is 1. The van der Waals surface area contributed by atoms with Crippen molar-refractivity contribution in [3.8, 4) is 11.3 Å². The van der Waals surface area contributed by atoms with E-state index in [1.54, 1.807) is 5.51 Å². The van der Waals surface area contributed by atoms with E-state index < -0.39 is 5.97 Å². The van der Waals surface area contributed by atoms with Crippen molar-refractivity contribution in [2.24, 2.45) is 0 Å². The zero-order valence-corrected chi connectivity index (χ0v) is 8.91. The lowest BCUT2D eigenvalue weighted by Crippen LogP contribution is -1.95. The van der Waals surface area contributed by atoms with E-state index in [9.17, 15) is 4.79 Å². The predicted octanol–water partition coefficient (Wildman–Crippen LogP) is 2.82. The van der Waals surface area contributed by atoms with Gasteiger partial charge in [0.05, 0.1) is 11.2 Å². The van der Waals surface area contributed by atoms with Crippen molar-refractivity contribution in [1.29, 1.82) is 0 Å². The number of nitrogens with zero attached hydrogens (tertiary/aromatic N) is 1. The molecule has 4 heteroatoms. The molecule has 2 rings (SSSR count). The van der Waals surface area contributed by atoms with E-state index in [0.717, 1.165) is 22.5 Å². The van der Waals surface area contributed by atoms with Gasteiger partial charge in [-0.25, -0.2) is 9.78 Å². The van der Waals surface area contributed by atoms with Crippen LogP contribution in [0.15, 0.2) is 29.8 Å². The first-order chi connectivity index (χ1) is 7.18. The van der Waals surface area contributed by atoms with Crippen LogP contribution in [0.3, 0.4) is 0 Å². The molecule has 0 saturated heterocycles. The van der Waals surface area contributed by atoms with Gasteiger partial charge >= 0.3 is 5.97 Å². The fourth-order valence-corrected chi connectivity index (χ4v) is 2.04. The molecule has 0 unspecified atom stereocenters. The van der Waals surface area contributed by atoms with Gasteiger partial charge in [0.2, 0.25) is 0 Å². The number of thiazole rings is 1. The first-order valence-electron chi connectivity index (χ1n) is 4.42. The Balaban J connectivity index is 2.54. The largest absolute Gasteiger partial charge is 0.477 e. The maximum Gasteiger partial charge on any atom is 0.348 e. The van der Waals surface area contributed by atoms with Crippen LogP contribution in [-0.4, -0.2) is 16.1 Å². The van der Waals surface area contributed by atoms with E-state index in [1.165, 1.54) is 0 Å². The SMILES string of the molecule is Cc1cccc(-c2ncsc2C(=O)O)c1. The average molecular weight is 219 g/mol. The zero-order valence-electron chi connectivity index (χ0n) is 8.10. The van der Waals surface area contributed by atoms with Gasteiger partial charge in [-0.15, -0.1) is 11.3 Å². The Morgan fingerprint density at radius 3 is 2.93 bits per heavy atom. The van der Waals surface area contributed by atoms with Crippen molar-refractivity contribution in [2.45, 2.75) is 6.92 Å². The van der Waals surface area contributed by atoms with E-state index in [2.05, 4.69) is 4.98 Å². The van der Waals surface area contributed by atoms with Gasteiger partial charge in [0, 0.05) is 5.56 Å². The minimum atomic E-state index is -0.922. The van der Waals surface area contributed by atoms with E-state index in [4.69, 9.17) is 5.11 Å². The molecule has 0 fully saturated rings. The van der Waals surface area contributed by atoms with Gasteiger partial charge in [-0.3, -0.25) is 0 Å². The summed E-state index contributed by atoms with van der Waals surface area (Å²) < 4.78 is 0.